The van der Waals surface area contributed by atoms with Crippen molar-refractivity contribution in [3.05, 3.63) is 49.8 Å². The van der Waals surface area contributed by atoms with Crippen LogP contribution in [-0.4, -0.2) is 34.8 Å². The van der Waals surface area contributed by atoms with Crippen LogP contribution in [0.15, 0.2) is 28.7 Å². The van der Waals surface area contributed by atoms with Crippen molar-refractivity contribution in [1.82, 2.24) is 15.0 Å². The summed E-state index contributed by atoms with van der Waals surface area (Å²) < 4.78 is 16.1. The second-order valence-electron chi connectivity index (χ2n) is 6.48. The fraction of sp³-hybridized carbons (Fsp3) is 0.318. The highest BCUT2D eigenvalue weighted by Gasteiger charge is 2.08. The first-order valence-electron chi connectivity index (χ1n) is 10.4. The fourth-order valence-corrected chi connectivity index (χ4v) is 3.21. The van der Waals surface area contributed by atoms with E-state index in [9.17, 15) is 0 Å². The number of anilines is 3. The molecule has 0 fully saturated rings. The standard InChI is InChI=1S/C8H11ClN2O.C7H8BrClN2O.C7H9ClN2O/c1-3-12-8-5(2)6(10)4-7(9)11-8;1-2-12-7-6(8)4(10)3-5(9)11-7;1-2-11-7-4-5(9)3-6(8)10-7/h4H,3H2,1-2H3,(H2,10,11);3H,2H2,1H3,(H2,10,11);3-4H,2H2,1H3,(H2,9,10). The summed E-state index contributed by atoms with van der Waals surface area (Å²) in [5.41, 5.74) is 19.3. The van der Waals surface area contributed by atoms with Crippen LogP contribution in [0.3, 0.4) is 0 Å². The van der Waals surface area contributed by atoms with Gasteiger partial charge in [0.1, 0.15) is 19.9 Å². The lowest BCUT2D eigenvalue weighted by molar-refractivity contribution is 0.324. The van der Waals surface area contributed by atoms with Gasteiger partial charge in [-0.2, -0.15) is 0 Å². The Hall–Kier alpha value is -2.40. The highest BCUT2D eigenvalue weighted by Crippen LogP contribution is 2.31. The molecule has 0 atom stereocenters. The molecule has 0 aromatic carbocycles. The molecule has 0 saturated carbocycles. The van der Waals surface area contributed by atoms with Crippen LogP contribution in [0.1, 0.15) is 26.3 Å². The predicted molar refractivity (Wildman–Crippen MR) is 147 cm³/mol. The van der Waals surface area contributed by atoms with Crippen molar-refractivity contribution in [2.75, 3.05) is 37.0 Å². The summed E-state index contributed by atoms with van der Waals surface area (Å²) in [4.78, 5) is 11.8. The molecule has 0 amide bonds. The number of hydrogen-bond acceptors (Lipinski definition) is 9. The van der Waals surface area contributed by atoms with Crippen LogP contribution < -0.4 is 31.4 Å². The Morgan fingerprint density at radius 3 is 1.74 bits per heavy atom. The van der Waals surface area contributed by atoms with E-state index in [2.05, 4.69) is 30.9 Å². The van der Waals surface area contributed by atoms with Crippen molar-refractivity contribution >= 4 is 67.8 Å². The molecule has 3 rings (SSSR count). The third-order valence-electron chi connectivity index (χ3n) is 3.81. The summed E-state index contributed by atoms with van der Waals surface area (Å²) in [7, 11) is 0. The first-order valence-corrected chi connectivity index (χ1v) is 12.3. The Labute approximate surface area is 228 Å². The molecule has 3 heterocycles. The third-order valence-corrected chi connectivity index (χ3v) is 5.19. The molecule has 0 aliphatic carbocycles. The van der Waals surface area contributed by atoms with E-state index in [1.165, 1.54) is 0 Å². The zero-order valence-electron chi connectivity index (χ0n) is 19.7. The maximum atomic E-state index is 5.69. The summed E-state index contributed by atoms with van der Waals surface area (Å²) in [5.74, 6) is 1.42. The SMILES string of the molecule is CCOc1cc(N)cc(Cl)n1.CCOc1nc(Cl)cc(N)c1Br.CCOc1nc(Cl)cc(N)c1C. The topological polar surface area (TPSA) is 144 Å². The number of aromatic nitrogens is 3. The van der Waals surface area contributed by atoms with E-state index in [4.69, 9.17) is 66.2 Å². The first-order chi connectivity index (χ1) is 16.5. The lowest BCUT2D eigenvalue weighted by Crippen LogP contribution is -2.00. The van der Waals surface area contributed by atoms with Gasteiger partial charge in [0.05, 0.1) is 25.5 Å². The van der Waals surface area contributed by atoms with Crippen molar-refractivity contribution in [1.29, 1.82) is 0 Å². The van der Waals surface area contributed by atoms with Crippen LogP contribution in [0.2, 0.25) is 15.5 Å². The Kier molecular flexibility index (Phi) is 13.6. The maximum Gasteiger partial charge on any atom is 0.231 e. The molecule has 0 saturated heterocycles. The molecule has 0 radical (unpaired) electrons. The van der Waals surface area contributed by atoms with Crippen LogP contribution in [0.25, 0.3) is 0 Å². The molecule has 0 aliphatic heterocycles. The van der Waals surface area contributed by atoms with Gasteiger partial charge < -0.3 is 31.4 Å². The number of pyridine rings is 3. The molecule has 0 aliphatic rings. The lowest BCUT2D eigenvalue weighted by atomic mass is 10.2. The Morgan fingerprint density at radius 1 is 0.714 bits per heavy atom. The summed E-state index contributed by atoms with van der Waals surface area (Å²) in [6.45, 7) is 9.14. The largest absolute Gasteiger partial charge is 0.478 e. The number of rotatable bonds is 6. The number of ether oxygens (including phenoxy) is 3. The molecule has 35 heavy (non-hydrogen) atoms. The van der Waals surface area contributed by atoms with Crippen LogP contribution in [0, 0.1) is 6.92 Å². The highest BCUT2D eigenvalue weighted by atomic mass is 79.9. The Morgan fingerprint density at radius 2 is 1.20 bits per heavy atom. The van der Waals surface area contributed by atoms with E-state index in [0.717, 1.165) is 5.56 Å². The van der Waals surface area contributed by atoms with Crippen LogP contribution in [0.4, 0.5) is 17.1 Å². The van der Waals surface area contributed by atoms with E-state index in [0.29, 0.717) is 74.5 Å². The average molecular weight is 611 g/mol. The molecule has 0 spiro atoms. The van der Waals surface area contributed by atoms with Crippen molar-refractivity contribution in [2.45, 2.75) is 27.7 Å². The number of halogens is 4. The van der Waals surface area contributed by atoms with E-state index in [1.807, 2.05) is 27.7 Å². The monoisotopic (exact) mass is 608 g/mol. The van der Waals surface area contributed by atoms with E-state index in [-0.39, 0.29) is 0 Å². The molecule has 0 unspecified atom stereocenters. The van der Waals surface area contributed by atoms with Gasteiger partial charge in [-0.15, -0.1) is 0 Å². The number of hydrogen-bond donors (Lipinski definition) is 3. The smallest absolute Gasteiger partial charge is 0.231 e. The van der Waals surface area contributed by atoms with Crippen LogP contribution >= 0.6 is 50.7 Å². The summed E-state index contributed by atoms with van der Waals surface area (Å²) >= 11 is 20.2. The molecule has 192 valence electrons. The van der Waals surface area contributed by atoms with Gasteiger partial charge in [0.2, 0.25) is 17.6 Å². The third kappa shape index (κ3) is 10.8. The molecular weight excluding hydrogens is 583 g/mol. The second-order valence-corrected chi connectivity index (χ2v) is 8.43. The minimum atomic E-state index is 0.333. The quantitative estimate of drug-likeness (QED) is 0.277. The second kappa shape index (κ2) is 15.6. The number of nitrogen functional groups attached to an aromatic ring is 3. The number of nitrogens with two attached hydrogens (primary N) is 3. The minimum Gasteiger partial charge on any atom is -0.478 e. The summed E-state index contributed by atoms with van der Waals surface area (Å²) in [5, 5.41) is 1.05. The van der Waals surface area contributed by atoms with Crippen LogP contribution in [0.5, 0.6) is 17.6 Å². The molecule has 3 aromatic rings. The average Bonchev–Trinajstić information content (AvgIpc) is 2.76. The van der Waals surface area contributed by atoms with Crippen molar-refractivity contribution in [2.24, 2.45) is 0 Å². The predicted octanol–water partition coefficient (Wildman–Crippen LogP) is 6.22. The molecule has 3 aromatic heterocycles. The van der Waals surface area contributed by atoms with Crippen molar-refractivity contribution in [3.8, 4) is 17.6 Å². The molecule has 9 nitrogen and oxygen atoms in total. The first kappa shape index (κ1) is 30.6. The van der Waals surface area contributed by atoms with E-state index >= 15 is 0 Å². The lowest BCUT2D eigenvalue weighted by Gasteiger charge is -2.07. The Balaban J connectivity index is 0.000000263. The fourth-order valence-electron chi connectivity index (χ4n) is 2.29. The van der Waals surface area contributed by atoms with Gasteiger partial charge in [-0.3, -0.25) is 0 Å². The highest BCUT2D eigenvalue weighted by molar-refractivity contribution is 9.10. The zero-order valence-corrected chi connectivity index (χ0v) is 23.6. The number of nitrogens with zero attached hydrogens (tertiary/aromatic N) is 3. The molecule has 0 bridgehead atoms. The van der Waals surface area contributed by atoms with Gasteiger partial charge in [0, 0.05) is 23.0 Å². The van der Waals surface area contributed by atoms with Gasteiger partial charge in [0.15, 0.2) is 0 Å². The summed E-state index contributed by atoms with van der Waals surface area (Å²) in [6, 6.07) is 6.38. The Bertz CT molecular complexity index is 1030. The molecular formula is C22H28BrCl3N6O3. The zero-order chi connectivity index (χ0) is 26.5. The normalized spacial score (nSPS) is 9.83. The van der Waals surface area contributed by atoms with E-state index in [1.54, 1.807) is 24.3 Å². The van der Waals surface area contributed by atoms with Gasteiger partial charge in [0.25, 0.3) is 0 Å². The maximum absolute atomic E-state index is 5.69. The summed E-state index contributed by atoms with van der Waals surface area (Å²) in [6.07, 6.45) is 0. The van der Waals surface area contributed by atoms with Gasteiger partial charge in [-0.05, 0) is 61.8 Å². The van der Waals surface area contributed by atoms with E-state index < -0.39 is 0 Å². The molecule has 6 N–H and O–H groups in total. The van der Waals surface area contributed by atoms with Gasteiger partial charge in [-0.1, -0.05) is 34.8 Å². The van der Waals surface area contributed by atoms with Gasteiger partial charge in [-0.25, -0.2) is 15.0 Å². The van der Waals surface area contributed by atoms with Crippen molar-refractivity contribution < 1.29 is 14.2 Å². The van der Waals surface area contributed by atoms with Crippen LogP contribution in [-0.2, 0) is 0 Å². The minimum absolute atomic E-state index is 0.333. The molecule has 13 heteroatoms. The van der Waals surface area contributed by atoms with Crippen molar-refractivity contribution in [3.63, 3.8) is 0 Å². The van der Waals surface area contributed by atoms with Gasteiger partial charge >= 0.3 is 0 Å².